The fraction of sp³-hybridized carbons (Fsp3) is 0.0833. The summed E-state index contributed by atoms with van der Waals surface area (Å²) in [6.45, 7) is -0.00426. The van der Waals surface area contributed by atoms with Crippen LogP contribution in [0.4, 0.5) is 0 Å². The Labute approximate surface area is 96.6 Å². The Morgan fingerprint density at radius 1 is 1.19 bits per heavy atom. The van der Waals surface area contributed by atoms with E-state index in [0.717, 1.165) is 16.7 Å². The Morgan fingerprint density at radius 2 is 1.88 bits per heavy atom. The van der Waals surface area contributed by atoms with Crippen molar-refractivity contribution in [1.82, 2.24) is 0 Å². The number of aromatic carboxylic acids is 1. The molecule has 4 heteroatoms. The van der Waals surface area contributed by atoms with Crippen LogP contribution >= 0.6 is 11.3 Å². The zero-order chi connectivity index (χ0) is 11.5. The molecular weight excluding hydrogens is 224 g/mol. The zero-order valence-electron chi connectivity index (χ0n) is 8.38. The summed E-state index contributed by atoms with van der Waals surface area (Å²) in [5.74, 6) is -0.906. The van der Waals surface area contributed by atoms with E-state index in [1.807, 2.05) is 12.1 Å². The number of aliphatic hydroxyl groups is 1. The van der Waals surface area contributed by atoms with Gasteiger partial charge in [-0.05, 0) is 22.6 Å². The molecule has 0 fully saturated rings. The smallest absolute Gasteiger partial charge is 0.346 e. The molecule has 0 spiro atoms. The molecule has 0 radical (unpaired) electrons. The van der Waals surface area contributed by atoms with Crippen molar-refractivity contribution >= 4 is 17.3 Å². The molecule has 1 heterocycles. The van der Waals surface area contributed by atoms with Crippen LogP contribution in [0, 0.1) is 0 Å². The zero-order valence-corrected chi connectivity index (χ0v) is 9.20. The minimum atomic E-state index is -0.906. The second-order valence-electron chi connectivity index (χ2n) is 3.32. The molecule has 3 nitrogen and oxygen atoms in total. The summed E-state index contributed by atoms with van der Waals surface area (Å²) >= 11 is 1.21. The van der Waals surface area contributed by atoms with Crippen molar-refractivity contribution in [3.63, 3.8) is 0 Å². The van der Waals surface area contributed by atoms with Crippen molar-refractivity contribution in [3.8, 4) is 11.1 Å². The average Bonchev–Trinajstić information content (AvgIpc) is 2.78. The first-order valence-electron chi connectivity index (χ1n) is 4.73. The highest BCUT2D eigenvalue weighted by molar-refractivity contribution is 7.12. The largest absolute Gasteiger partial charge is 0.477 e. The molecule has 0 atom stereocenters. The normalized spacial score (nSPS) is 10.3. The average molecular weight is 234 g/mol. The third-order valence-electron chi connectivity index (χ3n) is 2.31. The van der Waals surface area contributed by atoms with E-state index in [9.17, 15) is 4.79 Å². The van der Waals surface area contributed by atoms with E-state index >= 15 is 0 Å². The number of carboxylic acids is 1. The number of aliphatic hydroxyl groups excluding tert-OH is 1. The van der Waals surface area contributed by atoms with Gasteiger partial charge in [-0.1, -0.05) is 24.3 Å². The van der Waals surface area contributed by atoms with Gasteiger partial charge in [-0.3, -0.25) is 0 Å². The Bertz CT molecular complexity index is 499. The first-order valence-corrected chi connectivity index (χ1v) is 5.61. The summed E-state index contributed by atoms with van der Waals surface area (Å²) in [5.41, 5.74) is 2.40. The predicted molar refractivity (Wildman–Crippen MR) is 62.6 cm³/mol. The number of hydrogen-bond acceptors (Lipinski definition) is 3. The molecule has 0 saturated carbocycles. The van der Waals surface area contributed by atoms with Crippen molar-refractivity contribution in [2.24, 2.45) is 0 Å². The number of rotatable bonds is 3. The molecular formula is C12H10O3S. The van der Waals surface area contributed by atoms with Crippen LogP contribution in [-0.4, -0.2) is 16.2 Å². The fourth-order valence-corrected chi connectivity index (χ4v) is 2.25. The third kappa shape index (κ3) is 1.98. The fourth-order valence-electron chi connectivity index (χ4n) is 1.49. The minimum absolute atomic E-state index is 0.00426. The second kappa shape index (κ2) is 4.47. The number of hydrogen-bond donors (Lipinski definition) is 2. The van der Waals surface area contributed by atoms with E-state index in [-0.39, 0.29) is 6.61 Å². The summed E-state index contributed by atoms with van der Waals surface area (Å²) in [5, 5.41) is 19.7. The molecule has 82 valence electrons. The maximum atomic E-state index is 10.9. The molecule has 0 aliphatic carbocycles. The number of carboxylic acid groups (broad SMARTS) is 1. The lowest BCUT2D eigenvalue weighted by Crippen LogP contribution is -1.94. The van der Waals surface area contributed by atoms with Crippen molar-refractivity contribution < 1.29 is 15.0 Å². The van der Waals surface area contributed by atoms with E-state index in [2.05, 4.69) is 0 Å². The highest BCUT2D eigenvalue weighted by atomic mass is 32.1. The van der Waals surface area contributed by atoms with Crippen LogP contribution in [0.1, 0.15) is 15.2 Å². The van der Waals surface area contributed by atoms with Gasteiger partial charge in [0.1, 0.15) is 4.88 Å². The molecule has 0 aliphatic rings. The van der Waals surface area contributed by atoms with Crippen LogP contribution in [0.2, 0.25) is 0 Å². The third-order valence-corrected chi connectivity index (χ3v) is 3.21. The molecule has 0 bridgehead atoms. The molecule has 2 rings (SSSR count). The molecule has 16 heavy (non-hydrogen) atoms. The standard InChI is InChI=1S/C12H10O3S/c13-7-8-1-3-9(4-2-8)10-5-6-16-11(10)12(14)15/h1-6,13H,7H2,(H,14,15). The van der Waals surface area contributed by atoms with Crippen LogP contribution < -0.4 is 0 Å². The van der Waals surface area contributed by atoms with Gasteiger partial charge in [0.05, 0.1) is 6.61 Å². The molecule has 0 saturated heterocycles. The van der Waals surface area contributed by atoms with Gasteiger partial charge in [0, 0.05) is 5.56 Å². The van der Waals surface area contributed by atoms with E-state index in [1.165, 1.54) is 11.3 Å². The van der Waals surface area contributed by atoms with Gasteiger partial charge >= 0.3 is 5.97 Å². The second-order valence-corrected chi connectivity index (χ2v) is 4.24. The molecule has 0 aliphatic heterocycles. The van der Waals surface area contributed by atoms with Gasteiger partial charge in [0.25, 0.3) is 0 Å². The summed E-state index contributed by atoms with van der Waals surface area (Å²) in [6, 6.07) is 9.01. The lowest BCUT2D eigenvalue weighted by atomic mass is 10.0. The first kappa shape index (κ1) is 10.9. The van der Waals surface area contributed by atoms with Gasteiger partial charge in [0.15, 0.2) is 0 Å². The maximum Gasteiger partial charge on any atom is 0.346 e. The van der Waals surface area contributed by atoms with Crippen LogP contribution in [0.25, 0.3) is 11.1 Å². The molecule has 0 amide bonds. The molecule has 0 unspecified atom stereocenters. The number of benzene rings is 1. The van der Waals surface area contributed by atoms with E-state index in [4.69, 9.17) is 10.2 Å². The monoisotopic (exact) mass is 234 g/mol. The Morgan fingerprint density at radius 3 is 2.44 bits per heavy atom. The Balaban J connectivity index is 2.42. The van der Waals surface area contributed by atoms with Gasteiger partial charge in [-0.25, -0.2) is 4.79 Å². The van der Waals surface area contributed by atoms with Crippen molar-refractivity contribution in [2.75, 3.05) is 0 Å². The highest BCUT2D eigenvalue weighted by Gasteiger charge is 2.12. The van der Waals surface area contributed by atoms with Crippen molar-refractivity contribution in [2.45, 2.75) is 6.61 Å². The summed E-state index contributed by atoms with van der Waals surface area (Å²) in [6.07, 6.45) is 0. The molecule has 1 aromatic carbocycles. The van der Waals surface area contributed by atoms with Gasteiger partial charge in [-0.2, -0.15) is 0 Å². The number of thiophene rings is 1. The highest BCUT2D eigenvalue weighted by Crippen LogP contribution is 2.28. The van der Waals surface area contributed by atoms with E-state index in [0.29, 0.717) is 4.88 Å². The Kier molecular flexibility index (Phi) is 3.03. The van der Waals surface area contributed by atoms with Crippen LogP contribution in [0.15, 0.2) is 35.7 Å². The van der Waals surface area contributed by atoms with Crippen LogP contribution in [-0.2, 0) is 6.61 Å². The van der Waals surface area contributed by atoms with Gasteiger partial charge in [-0.15, -0.1) is 11.3 Å². The minimum Gasteiger partial charge on any atom is -0.477 e. The molecule has 2 N–H and O–H groups in total. The van der Waals surface area contributed by atoms with Crippen molar-refractivity contribution in [3.05, 3.63) is 46.2 Å². The maximum absolute atomic E-state index is 10.9. The van der Waals surface area contributed by atoms with E-state index in [1.54, 1.807) is 23.6 Å². The predicted octanol–water partition coefficient (Wildman–Crippen LogP) is 2.61. The summed E-state index contributed by atoms with van der Waals surface area (Å²) in [7, 11) is 0. The lowest BCUT2D eigenvalue weighted by Gasteiger charge is -2.01. The van der Waals surface area contributed by atoms with Crippen molar-refractivity contribution in [1.29, 1.82) is 0 Å². The van der Waals surface area contributed by atoms with Gasteiger partial charge < -0.3 is 10.2 Å². The Hall–Kier alpha value is -1.65. The van der Waals surface area contributed by atoms with Crippen LogP contribution in [0.5, 0.6) is 0 Å². The van der Waals surface area contributed by atoms with E-state index < -0.39 is 5.97 Å². The summed E-state index contributed by atoms with van der Waals surface area (Å²) < 4.78 is 0. The topological polar surface area (TPSA) is 57.5 Å². The van der Waals surface area contributed by atoms with Gasteiger partial charge in [0.2, 0.25) is 0 Å². The summed E-state index contributed by atoms with van der Waals surface area (Å²) in [4.78, 5) is 11.3. The first-order chi connectivity index (χ1) is 7.72. The molecule has 1 aromatic heterocycles. The molecule has 2 aromatic rings. The number of carbonyl (C=O) groups is 1. The van der Waals surface area contributed by atoms with Crippen LogP contribution in [0.3, 0.4) is 0 Å². The SMILES string of the molecule is O=C(O)c1sccc1-c1ccc(CO)cc1. The quantitative estimate of drug-likeness (QED) is 0.858. The lowest BCUT2D eigenvalue weighted by molar-refractivity contribution is 0.0703.